The van der Waals surface area contributed by atoms with E-state index in [1.165, 1.54) is 12.7 Å². The zero-order valence-corrected chi connectivity index (χ0v) is 44.5. The minimum atomic E-state index is -10.7. The summed E-state index contributed by atoms with van der Waals surface area (Å²) in [5.41, 5.74) is 6.44. The normalized spacial score (nSPS) is 15.3. The summed E-state index contributed by atoms with van der Waals surface area (Å²) in [6.07, 6.45) is 0. The second kappa shape index (κ2) is 30.7. The predicted octanol–water partition coefficient (Wildman–Crippen LogP) is 11.1. The van der Waals surface area contributed by atoms with Gasteiger partial charge in [0.25, 0.3) is 0 Å². The van der Waals surface area contributed by atoms with Crippen LogP contribution in [0.1, 0.15) is 62.4 Å². The van der Waals surface area contributed by atoms with Crippen molar-refractivity contribution in [2.75, 3.05) is 99.5 Å². The summed E-state index contributed by atoms with van der Waals surface area (Å²) in [4.78, 5) is 23.9. The van der Waals surface area contributed by atoms with E-state index in [2.05, 4.69) is 31.3 Å². The molecular formula is C55H70F6NO13P. The molecule has 5 aromatic carbocycles. The van der Waals surface area contributed by atoms with Crippen LogP contribution in [0.2, 0.25) is 0 Å². The predicted molar refractivity (Wildman–Crippen MR) is 275 cm³/mol. The van der Waals surface area contributed by atoms with Crippen LogP contribution < -0.4 is 24.3 Å². The van der Waals surface area contributed by atoms with Crippen LogP contribution in [0.5, 0.6) is 23.0 Å². The van der Waals surface area contributed by atoms with Crippen molar-refractivity contribution in [3.05, 3.63) is 154 Å². The SMILES string of the molecule is COC(=O)c1ccc(COCC(C)(C)C[NH2+]Cc2ccc(COC(=O)c3cc(C)cc(C)c3)cc2)cc1.F[P-](F)(F)(F)(F)F.c1ccc2c(c1)OCCOCCOCCOc1ccccc1OCCOCCOCCO2. The van der Waals surface area contributed by atoms with Crippen molar-refractivity contribution in [3.8, 4) is 23.0 Å². The minimum absolute atomic E-state index is 0.00818. The Labute approximate surface area is 440 Å². The van der Waals surface area contributed by atoms with Gasteiger partial charge in [-0.1, -0.05) is 91.7 Å². The van der Waals surface area contributed by atoms with Crippen LogP contribution in [-0.2, 0) is 52.9 Å². The Morgan fingerprint density at radius 3 is 1.29 bits per heavy atom. The van der Waals surface area contributed by atoms with Crippen molar-refractivity contribution in [2.24, 2.45) is 5.41 Å². The smallest absolute Gasteiger partial charge is 0.161 e. The molecule has 0 amide bonds. The Balaban J connectivity index is 0.000000294. The third-order valence-electron chi connectivity index (χ3n) is 10.4. The molecule has 76 heavy (non-hydrogen) atoms. The summed E-state index contributed by atoms with van der Waals surface area (Å²) in [5.74, 6) is 2.09. The van der Waals surface area contributed by atoms with E-state index in [1.807, 2.05) is 105 Å². The van der Waals surface area contributed by atoms with Crippen molar-refractivity contribution in [2.45, 2.75) is 47.5 Å². The molecule has 6 rings (SSSR count). The Morgan fingerprint density at radius 1 is 0.513 bits per heavy atom. The van der Waals surface area contributed by atoms with Gasteiger partial charge in [0.1, 0.15) is 39.6 Å². The number of fused-ring (bicyclic) bond motifs is 2. The maximum Gasteiger partial charge on any atom is 0.161 e. The van der Waals surface area contributed by atoms with Crippen molar-refractivity contribution in [1.82, 2.24) is 0 Å². The molecule has 0 bridgehead atoms. The number of aryl methyl sites for hydroxylation is 2. The molecule has 0 spiro atoms. The second-order valence-electron chi connectivity index (χ2n) is 18.0. The first kappa shape index (κ1) is 62.5. The summed E-state index contributed by atoms with van der Waals surface area (Å²) in [7, 11) is -9.28. The first-order valence-electron chi connectivity index (χ1n) is 24.5. The molecule has 0 aliphatic carbocycles. The van der Waals surface area contributed by atoms with E-state index in [4.69, 9.17) is 52.1 Å². The first-order chi connectivity index (χ1) is 36.0. The molecule has 21 heteroatoms. The molecule has 2 N–H and O–H groups in total. The fourth-order valence-electron chi connectivity index (χ4n) is 6.95. The van der Waals surface area contributed by atoms with E-state index in [0.29, 0.717) is 127 Å². The van der Waals surface area contributed by atoms with Gasteiger partial charge in [-0.15, -0.1) is 0 Å². The molecule has 0 fully saturated rings. The van der Waals surface area contributed by atoms with Gasteiger partial charge in [0.05, 0.1) is 90.9 Å². The van der Waals surface area contributed by atoms with Crippen LogP contribution in [0.3, 0.4) is 0 Å². The number of carbonyl (C=O) groups is 2. The number of rotatable bonds is 12. The zero-order valence-electron chi connectivity index (χ0n) is 43.6. The second-order valence-corrected chi connectivity index (χ2v) is 19.9. The van der Waals surface area contributed by atoms with Gasteiger partial charge in [-0.3, -0.25) is 0 Å². The third-order valence-corrected chi connectivity index (χ3v) is 10.4. The number of esters is 2. The molecule has 0 saturated carbocycles. The summed E-state index contributed by atoms with van der Waals surface area (Å²) in [5, 5.41) is 2.28. The van der Waals surface area contributed by atoms with Crippen LogP contribution in [0, 0.1) is 19.3 Å². The molecule has 0 unspecified atom stereocenters. The maximum atomic E-state index is 12.4. The van der Waals surface area contributed by atoms with Gasteiger partial charge in [-0.2, -0.15) is 0 Å². The molecular weight excluding hydrogens is 1030 g/mol. The van der Waals surface area contributed by atoms with Gasteiger partial charge in [0.15, 0.2) is 23.0 Å². The molecule has 1 aliphatic rings. The Bertz CT molecular complexity index is 2350. The molecule has 14 nitrogen and oxygen atoms in total. The summed E-state index contributed by atoms with van der Waals surface area (Å²) in [6, 6.07) is 36.3. The largest absolute Gasteiger partial charge is 0.487 e. The molecule has 0 radical (unpaired) electrons. The number of methoxy groups -OCH3 is 1. The van der Waals surface area contributed by atoms with E-state index in [-0.39, 0.29) is 24.0 Å². The fourth-order valence-corrected chi connectivity index (χ4v) is 6.95. The van der Waals surface area contributed by atoms with Gasteiger partial charge in [0.2, 0.25) is 0 Å². The van der Waals surface area contributed by atoms with Crippen molar-refractivity contribution < 1.29 is 92.2 Å². The van der Waals surface area contributed by atoms with E-state index >= 15 is 0 Å². The minimum Gasteiger partial charge on any atom is -0.487 e. The van der Waals surface area contributed by atoms with E-state index < -0.39 is 7.81 Å². The number of hydrogen-bond donors (Lipinski definition) is 1. The number of hydrogen-bond acceptors (Lipinski definition) is 13. The molecule has 420 valence electrons. The standard InChI is InChI=1S/C31H37NO5.C24H32O8.F6P/c1-22-14-23(2)16-28(15-22)30(34)37-19-26-8-6-24(7-9-26)17-32-20-31(3,4)21-36-18-25-10-12-27(13-11-25)29(33)35-5;1-2-6-22-21(5-1)29-17-13-25-9-10-27-15-19-31-23-7-3-4-8-24(23)32-20-16-28-12-11-26-14-18-30-22;1-7(2,3,4,5)6/h6-16,32H,17-21H2,1-5H3;1-8H,9-20H2;/q;;-1/p+1. The number of ether oxygens (including phenoxy) is 11. The Hall–Kier alpha value is -5.99. The van der Waals surface area contributed by atoms with Crippen LogP contribution in [0.15, 0.2) is 115 Å². The summed E-state index contributed by atoms with van der Waals surface area (Å²) < 4.78 is 121. The first-order valence-corrected chi connectivity index (χ1v) is 26.5. The van der Waals surface area contributed by atoms with Crippen LogP contribution in [0.25, 0.3) is 0 Å². The third kappa shape index (κ3) is 28.8. The fraction of sp³-hybridized carbons (Fsp3) is 0.418. The molecule has 0 aromatic heterocycles. The van der Waals surface area contributed by atoms with Crippen LogP contribution in [-0.4, -0.2) is 111 Å². The maximum absolute atomic E-state index is 12.4. The van der Waals surface area contributed by atoms with Gasteiger partial charge in [0, 0.05) is 11.0 Å². The quantitative estimate of drug-likeness (QED) is 0.0717. The summed E-state index contributed by atoms with van der Waals surface area (Å²) >= 11 is 0. The van der Waals surface area contributed by atoms with Crippen molar-refractivity contribution in [1.29, 1.82) is 0 Å². The molecule has 5 aromatic rings. The van der Waals surface area contributed by atoms with Crippen LogP contribution in [0.4, 0.5) is 25.2 Å². The van der Waals surface area contributed by atoms with Gasteiger partial charge in [-0.05, 0) is 73.5 Å². The Kier molecular flexibility index (Phi) is 25.2. The number of nitrogens with two attached hydrogens (primary N) is 1. The average molecular weight is 1100 g/mol. The van der Waals surface area contributed by atoms with Crippen molar-refractivity contribution in [3.63, 3.8) is 0 Å². The van der Waals surface area contributed by atoms with Gasteiger partial charge in [-0.25, -0.2) is 9.59 Å². The van der Waals surface area contributed by atoms with E-state index in [0.717, 1.165) is 35.3 Å². The topological polar surface area (TPSA) is 152 Å². The summed E-state index contributed by atoms with van der Waals surface area (Å²) in [6.45, 7) is 17.0. The van der Waals surface area contributed by atoms with Crippen LogP contribution >= 0.6 is 7.81 Å². The number of quaternary nitrogens is 1. The molecule has 1 aliphatic heterocycles. The van der Waals surface area contributed by atoms with Gasteiger partial charge < -0.3 is 57.4 Å². The molecule has 0 atom stereocenters. The molecule has 0 saturated heterocycles. The number of halogens is 6. The average Bonchev–Trinajstić information content (AvgIpc) is 3.36. The zero-order chi connectivity index (χ0) is 55.4. The van der Waals surface area contributed by atoms with Gasteiger partial charge >= 0.3 is 44.9 Å². The molecule has 1 heterocycles. The number of carbonyl (C=O) groups excluding carboxylic acids is 2. The number of benzene rings is 5. The van der Waals surface area contributed by atoms with Crippen molar-refractivity contribution >= 4 is 19.7 Å². The Morgan fingerprint density at radius 2 is 0.882 bits per heavy atom. The van der Waals surface area contributed by atoms with E-state index in [1.54, 1.807) is 12.1 Å². The number of para-hydroxylation sites is 4. The van der Waals surface area contributed by atoms with E-state index in [9.17, 15) is 34.8 Å². The monoisotopic (exact) mass is 1100 g/mol.